The van der Waals surface area contributed by atoms with Gasteiger partial charge in [0.05, 0.1) is 5.56 Å². The molecule has 4 nitrogen and oxygen atoms in total. The second kappa shape index (κ2) is 5.84. The van der Waals surface area contributed by atoms with Crippen LogP contribution in [0, 0.1) is 0 Å². The molecule has 100 valence electrons. The summed E-state index contributed by atoms with van der Waals surface area (Å²) >= 11 is 0. The van der Waals surface area contributed by atoms with Crippen molar-refractivity contribution in [1.29, 1.82) is 0 Å². The molecule has 0 fully saturated rings. The van der Waals surface area contributed by atoms with E-state index in [0.717, 1.165) is 0 Å². The van der Waals surface area contributed by atoms with Crippen molar-refractivity contribution < 1.29 is 14.7 Å². The average molecular weight is 267 g/mol. The number of anilines is 1. The Morgan fingerprint density at radius 3 is 2.35 bits per heavy atom. The van der Waals surface area contributed by atoms with E-state index >= 15 is 0 Å². The van der Waals surface area contributed by atoms with Gasteiger partial charge in [-0.25, -0.2) is 4.79 Å². The van der Waals surface area contributed by atoms with Gasteiger partial charge in [0.2, 0.25) is 0 Å². The fourth-order valence-corrected chi connectivity index (χ4v) is 1.69. The van der Waals surface area contributed by atoms with E-state index in [1.54, 1.807) is 42.5 Å². The number of carboxylic acid groups (broad SMARTS) is 1. The maximum atomic E-state index is 11.9. The van der Waals surface area contributed by atoms with Gasteiger partial charge in [-0.2, -0.15) is 0 Å². The molecule has 0 amide bonds. The Labute approximate surface area is 116 Å². The number of carboxylic acids is 1. The molecule has 0 aliphatic carbocycles. The Bertz CT molecular complexity index is 672. The number of hydrogen-bond acceptors (Lipinski definition) is 3. The molecule has 3 N–H and O–H groups in total. The van der Waals surface area contributed by atoms with E-state index in [0.29, 0.717) is 16.8 Å². The number of nitrogen functional groups attached to an aromatic ring is 1. The SMILES string of the molecule is Nc1ccc(C(=O)/C=C/c2cccc(C(=O)O)c2)cc1. The molecule has 0 aliphatic heterocycles. The zero-order chi connectivity index (χ0) is 14.5. The Morgan fingerprint density at radius 1 is 1.00 bits per heavy atom. The fraction of sp³-hybridized carbons (Fsp3) is 0. The number of ketones is 1. The quantitative estimate of drug-likeness (QED) is 0.507. The van der Waals surface area contributed by atoms with Crippen LogP contribution in [0.4, 0.5) is 5.69 Å². The minimum atomic E-state index is -0.995. The van der Waals surface area contributed by atoms with Gasteiger partial charge >= 0.3 is 5.97 Å². The number of hydrogen-bond donors (Lipinski definition) is 2. The van der Waals surface area contributed by atoms with Gasteiger partial charge in [0.25, 0.3) is 0 Å². The number of rotatable bonds is 4. The van der Waals surface area contributed by atoms with E-state index < -0.39 is 5.97 Å². The molecule has 2 rings (SSSR count). The van der Waals surface area contributed by atoms with Crippen LogP contribution in [-0.2, 0) is 0 Å². The summed E-state index contributed by atoms with van der Waals surface area (Å²) in [5.41, 5.74) is 7.53. The molecule has 0 bridgehead atoms. The van der Waals surface area contributed by atoms with Gasteiger partial charge in [-0.1, -0.05) is 18.2 Å². The standard InChI is InChI=1S/C16H13NO3/c17-14-7-5-12(6-8-14)15(18)9-4-11-2-1-3-13(10-11)16(19)20/h1-10H,17H2,(H,19,20)/b9-4+. The largest absolute Gasteiger partial charge is 0.478 e. The Hall–Kier alpha value is -2.88. The van der Waals surface area contributed by atoms with Gasteiger partial charge in [0, 0.05) is 11.3 Å². The third kappa shape index (κ3) is 3.32. The van der Waals surface area contributed by atoms with Crippen LogP contribution in [0.25, 0.3) is 6.08 Å². The smallest absolute Gasteiger partial charge is 0.335 e. The highest BCUT2D eigenvalue weighted by Crippen LogP contribution is 2.10. The predicted molar refractivity (Wildman–Crippen MR) is 77.6 cm³/mol. The first-order valence-electron chi connectivity index (χ1n) is 5.97. The van der Waals surface area contributed by atoms with Gasteiger partial charge < -0.3 is 10.8 Å². The summed E-state index contributed by atoms with van der Waals surface area (Å²) in [5, 5.41) is 8.89. The average Bonchev–Trinajstić information content (AvgIpc) is 2.46. The van der Waals surface area contributed by atoms with Crippen molar-refractivity contribution in [1.82, 2.24) is 0 Å². The molecule has 2 aromatic carbocycles. The topological polar surface area (TPSA) is 80.4 Å². The Balaban J connectivity index is 2.16. The van der Waals surface area contributed by atoms with Crippen molar-refractivity contribution in [2.24, 2.45) is 0 Å². The minimum absolute atomic E-state index is 0.161. The molecule has 0 saturated heterocycles. The number of aromatic carboxylic acids is 1. The molecule has 0 heterocycles. The third-order valence-electron chi connectivity index (χ3n) is 2.76. The lowest BCUT2D eigenvalue weighted by atomic mass is 10.1. The van der Waals surface area contributed by atoms with Gasteiger partial charge in [-0.05, 0) is 48.0 Å². The maximum absolute atomic E-state index is 11.9. The lowest BCUT2D eigenvalue weighted by Crippen LogP contribution is -1.96. The number of allylic oxidation sites excluding steroid dienone is 1. The van der Waals surface area contributed by atoms with E-state index in [1.165, 1.54) is 18.2 Å². The second-order valence-corrected chi connectivity index (χ2v) is 4.25. The lowest BCUT2D eigenvalue weighted by molar-refractivity contribution is 0.0696. The highest BCUT2D eigenvalue weighted by Gasteiger charge is 2.03. The van der Waals surface area contributed by atoms with Crippen LogP contribution in [0.1, 0.15) is 26.3 Å². The Morgan fingerprint density at radius 2 is 1.70 bits per heavy atom. The van der Waals surface area contributed by atoms with E-state index in [9.17, 15) is 9.59 Å². The summed E-state index contributed by atoms with van der Waals surface area (Å²) in [4.78, 5) is 22.7. The van der Waals surface area contributed by atoms with Crippen LogP contribution in [-0.4, -0.2) is 16.9 Å². The normalized spacial score (nSPS) is 10.6. The first kappa shape index (κ1) is 13.5. The molecule has 20 heavy (non-hydrogen) atoms. The van der Waals surface area contributed by atoms with Crippen LogP contribution < -0.4 is 5.73 Å². The number of carbonyl (C=O) groups is 2. The number of nitrogens with two attached hydrogens (primary N) is 1. The molecule has 0 unspecified atom stereocenters. The van der Waals surface area contributed by atoms with E-state index in [2.05, 4.69) is 0 Å². The van der Waals surface area contributed by atoms with Gasteiger partial charge in [0.15, 0.2) is 5.78 Å². The molecular weight excluding hydrogens is 254 g/mol. The molecule has 2 aromatic rings. The van der Waals surface area contributed by atoms with Crippen molar-refractivity contribution in [3.05, 3.63) is 71.3 Å². The first-order chi connectivity index (χ1) is 9.56. The van der Waals surface area contributed by atoms with Crippen molar-refractivity contribution in [3.63, 3.8) is 0 Å². The van der Waals surface area contributed by atoms with Crippen molar-refractivity contribution in [2.45, 2.75) is 0 Å². The summed E-state index contributed by atoms with van der Waals surface area (Å²) < 4.78 is 0. The Kier molecular flexibility index (Phi) is 3.96. The third-order valence-corrected chi connectivity index (χ3v) is 2.76. The van der Waals surface area contributed by atoms with Gasteiger partial charge in [0.1, 0.15) is 0 Å². The van der Waals surface area contributed by atoms with Crippen LogP contribution in [0.2, 0.25) is 0 Å². The lowest BCUT2D eigenvalue weighted by Gasteiger charge is -1.98. The molecule has 0 atom stereocenters. The summed E-state index contributed by atoms with van der Waals surface area (Å²) in [6.45, 7) is 0. The van der Waals surface area contributed by atoms with Crippen molar-refractivity contribution in [2.75, 3.05) is 5.73 Å². The van der Waals surface area contributed by atoms with E-state index in [1.807, 2.05) is 0 Å². The van der Waals surface area contributed by atoms with Crippen molar-refractivity contribution in [3.8, 4) is 0 Å². The van der Waals surface area contributed by atoms with Gasteiger partial charge in [-0.3, -0.25) is 4.79 Å². The summed E-state index contributed by atoms with van der Waals surface area (Å²) in [6.07, 6.45) is 3.00. The van der Waals surface area contributed by atoms with E-state index in [-0.39, 0.29) is 11.3 Å². The summed E-state index contributed by atoms with van der Waals surface area (Å²) in [7, 11) is 0. The first-order valence-corrected chi connectivity index (χ1v) is 5.97. The van der Waals surface area contributed by atoms with E-state index in [4.69, 9.17) is 10.8 Å². The zero-order valence-electron chi connectivity index (χ0n) is 10.6. The van der Waals surface area contributed by atoms with Gasteiger partial charge in [-0.15, -0.1) is 0 Å². The second-order valence-electron chi connectivity index (χ2n) is 4.25. The fourth-order valence-electron chi connectivity index (χ4n) is 1.69. The summed E-state index contributed by atoms with van der Waals surface area (Å²) in [5.74, 6) is -1.16. The van der Waals surface area contributed by atoms with Crippen molar-refractivity contribution >= 4 is 23.5 Å². The molecule has 0 aliphatic rings. The molecular formula is C16H13NO3. The van der Waals surface area contributed by atoms with Crippen LogP contribution in [0.15, 0.2) is 54.6 Å². The van der Waals surface area contributed by atoms with Crippen LogP contribution >= 0.6 is 0 Å². The van der Waals surface area contributed by atoms with Crippen LogP contribution in [0.5, 0.6) is 0 Å². The number of benzene rings is 2. The molecule has 4 heteroatoms. The maximum Gasteiger partial charge on any atom is 0.335 e. The summed E-state index contributed by atoms with van der Waals surface area (Å²) in [6, 6.07) is 13.0. The highest BCUT2D eigenvalue weighted by atomic mass is 16.4. The molecule has 0 aromatic heterocycles. The zero-order valence-corrected chi connectivity index (χ0v) is 10.6. The molecule has 0 radical (unpaired) electrons. The number of carbonyl (C=O) groups excluding carboxylic acids is 1. The monoisotopic (exact) mass is 267 g/mol. The molecule has 0 spiro atoms. The van der Waals surface area contributed by atoms with Crippen LogP contribution in [0.3, 0.4) is 0 Å². The molecule has 0 saturated carbocycles. The highest BCUT2D eigenvalue weighted by molar-refractivity contribution is 6.07. The minimum Gasteiger partial charge on any atom is -0.478 e. The predicted octanol–water partition coefficient (Wildman–Crippen LogP) is 2.86.